The summed E-state index contributed by atoms with van der Waals surface area (Å²) < 4.78 is 15.4. The molecular weight excluding hydrogens is 415 g/mol. The molecular formula is C27H35FN4O. The lowest BCUT2D eigenvalue weighted by Crippen LogP contribution is -2.35. The number of hydrogen-bond acceptors (Lipinski definition) is 4. The Morgan fingerprint density at radius 1 is 1.03 bits per heavy atom. The predicted octanol–water partition coefficient (Wildman–Crippen LogP) is 4.41. The number of aliphatic hydroxyl groups excluding tert-OH is 1. The first-order chi connectivity index (χ1) is 15.9. The molecule has 5 nitrogen and oxygen atoms in total. The summed E-state index contributed by atoms with van der Waals surface area (Å²) in [5.41, 5.74) is 5.84. The molecule has 0 saturated heterocycles. The maximum absolute atomic E-state index is 13.3. The van der Waals surface area contributed by atoms with Crippen molar-refractivity contribution in [3.63, 3.8) is 0 Å². The summed E-state index contributed by atoms with van der Waals surface area (Å²) in [6.07, 6.45) is 0.532. The van der Waals surface area contributed by atoms with E-state index in [1.165, 1.54) is 23.4 Å². The van der Waals surface area contributed by atoms with Crippen LogP contribution in [0.25, 0.3) is 5.69 Å². The topological polar surface area (TPSA) is 44.5 Å². The minimum Gasteiger partial charge on any atom is -0.392 e. The number of fused-ring (bicyclic) bond motifs is 1. The third-order valence-corrected chi connectivity index (χ3v) is 6.06. The van der Waals surface area contributed by atoms with Crippen molar-refractivity contribution in [3.8, 4) is 5.69 Å². The SMILES string of the molecule is CC(C)CN(Cc1nn(-c2ccccc2)c2c1CN(Cc1ccc(F)cc1)CC2)CC(C)O. The van der Waals surface area contributed by atoms with Crippen LogP contribution in [0, 0.1) is 11.7 Å². The van der Waals surface area contributed by atoms with Crippen LogP contribution in [0.15, 0.2) is 54.6 Å². The van der Waals surface area contributed by atoms with Crippen LogP contribution in [0.1, 0.15) is 43.3 Å². The van der Waals surface area contributed by atoms with Gasteiger partial charge < -0.3 is 5.11 Å². The summed E-state index contributed by atoms with van der Waals surface area (Å²) in [5.74, 6) is 0.306. The van der Waals surface area contributed by atoms with Crippen LogP contribution >= 0.6 is 0 Å². The normalized spacial score (nSPS) is 15.2. The maximum atomic E-state index is 13.3. The zero-order valence-corrected chi connectivity index (χ0v) is 19.9. The molecule has 0 aliphatic carbocycles. The van der Waals surface area contributed by atoms with E-state index in [1.54, 1.807) is 0 Å². The van der Waals surface area contributed by atoms with Gasteiger partial charge in [0.1, 0.15) is 5.82 Å². The Balaban J connectivity index is 1.63. The number of rotatable bonds is 9. The van der Waals surface area contributed by atoms with Crippen molar-refractivity contribution in [1.82, 2.24) is 19.6 Å². The van der Waals surface area contributed by atoms with Gasteiger partial charge >= 0.3 is 0 Å². The van der Waals surface area contributed by atoms with Gasteiger partial charge in [0.2, 0.25) is 0 Å². The first-order valence-corrected chi connectivity index (χ1v) is 11.9. The molecule has 0 bridgehead atoms. The van der Waals surface area contributed by atoms with Gasteiger partial charge in [-0.3, -0.25) is 9.80 Å². The molecule has 176 valence electrons. The van der Waals surface area contributed by atoms with E-state index >= 15 is 0 Å². The van der Waals surface area contributed by atoms with Crippen molar-refractivity contribution >= 4 is 0 Å². The first-order valence-electron chi connectivity index (χ1n) is 11.9. The number of aliphatic hydroxyl groups is 1. The lowest BCUT2D eigenvalue weighted by molar-refractivity contribution is 0.113. The van der Waals surface area contributed by atoms with Gasteiger partial charge in [-0.1, -0.05) is 44.2 Å². The van der Waals surface area contributed by atoms with E-state index in [0.717, 1.165) is 56.1 Å². The highest BCUT2D eigenvalue weighted by molar-refractivity contribution is 5.39. The summed E-state index contributed by atoms with van der Waals surface area (Å²) in [6.45, 7) is 11.1. The fourth-order valence-electron chi connectivity index (χ4n) is 4.74. The molecule has 1 atom stereocenters. The van der Waals surface area contributed by atoms with Crippen molar-refractivity contribution in [2.45, 2.75) is 52.9 Å². The zero-order valence-electron chi connectivity index (χ0n) is 19.9. The summed E-state index contributed by atoms with van der Waals surface area (Å²) in [5, 5.41) is 15.1. The van der Waals surface area contributed by atoms with Crippen molar-refractivity contribution in [2.24, 2.45) is 5.92 Å². The number of nitrogens with zero attached hydrogens (tertiary/aromatic N) is 4. The molecule has 4 rings (SSSR count). The van der Waals surface area contributed by atoms with Gasteiger partial charge in [0.25, 0.3) is 0 Å². The van der Waals surface area contributed by atoms with Gasteiger partial charge in [-0.2, -0.15) is 5.10 Å². The van der Waals surface area contributed by atoms with E-state index in [9.17, 15) is 9.50 Å². The molecule has 2 heterocycles. The molecule has 6 heteroatoms. The molecule has 2 aromatic carbocycles. The van der Waals surface area contributed by atoms with Crippen LogP contribution in [0.4, 0.5) is 4.39 Å². The third kappa shape index (κ3) is 6.08. The number of halogens is 1. The molecule has 1 N–H and O–H groups in total. The Bertz CT molecular complexity index is 1020. The second kappa shape index (κ2) is 10.6. The molecule has 0 radical (unpaired) electrons. The average molecular weight is 451 g/mol. The summed E-state index contributed by atoms with van der Waals surface area (Å²) in [7, 11) is 0. The third-order valence-electron chi connectivity index (χ3n) is 6.06. The summed E-state index contributed by atoms with van der Waals surface area (Å²) in [6, 6.07) is 17.1. The van der Waals surface area contributed by atoms with Crippen molar-refractivity contribution in [1.29, 1.82) is 0 Å². The van der Waals surface area contributed by atoms with E-state index in [-0.39, 0.29) is 11.9 Å². The summed E-state index contributed by atoms with van der Waals surface area (Å²) in [4.78, 5) is 4.73. The van der Waals surface area contributed by atoms with Gasteiger partial charge in [0, 0.05) is 51.3 Å². The first kappa shape index (κ1) is 23.6. The van der Waals surface area contributed by atoms with Crippen LogP contribution in [-0.2, 0) is 26.1 Å². The average Bonchev–Trinajstić information content (AvgIpc) is 3.13. The van der Waals surface area contributed by atoms with Gasteiger partial charge in [0.15, 0.2) is 0 Å². The van der Waals surface area contributed by atoms with Crippen LogP contribution in [-0.4, -0.2) is 50.4 Å². The molecule has 1 aliphatic heterocycles. The van der Waals surface area contributed by atoms with Crippen molar-refractivity contribution in [2.75, 3.05) is 19.6 Å². The smallest absolute Gasteiger partial charge is 0.123 e. The van der Waals surface area contributed by atoms with E-state index in [0.29, 0.717) is 12.5 Å². The molecule has 0 amide bonds. The van der Waals surface area contributed by atoms with Gasteiger partial charge in [-0.15, -0.1) is 0 Å². The van der Waals surface area contributed by atoms with Crippen LogP contribution in [0.2, 0.25) is 0 Å². The Morgan fingerprint density at radius 2 is 1.76 bits per heavy atom. The highest BCUT2D eigenvalue weighted by Crippen LogP contribution is 2.27. The fraction of sp³-hybridized carbons (Fsp3) is 0.444. The highest BCUT2D eigenvalue weighted by Gasteiger charge is 2.27. The lowest BCUT2D eigenvalue weighted by atomic mass is 10.0. The minimum absolute atomic E-state index is 0.200. The highest BCUT2D eigenvalue weighted by atomic mass is 19.1. The van der Waals surface area contributed by atoms with E-state index in [4.69, 9.17) is 5.10 Å². The second-order valence-electron chi connectivity index (χ2n) is 9.64. The van der Waals surface area contributed by atoms with Crippen LogP contribution in [0.5, 0.6) is 0 Å². The second-order valence-corrected chi connectivity index (χ2v) is 9.64. The van der Waals surface area contributed by atoms with Crippen molar-refractivity contribution < 1.29 is 9.50 Å². The monoisotopic (exact) mass is 450 g/mol. The number of hydrogen-bond donors (Lipinski definition) is 1. The Labute approximate surface area is 196 Å². The maximum Gasteiger partial charge on any atom is 0.123 e. The molecule has 3 aromatic rings. The molecule has 0 saturated carbocycles. The Hall–Kier alpha value is -2.54. The summed E-state index contributed by atoms with van der Waals surface area (Å²) >= 11 is 0. The largest absolute Gasteiger partial charge is 0.392 e. The van der Waals surface area contributed by atoms with Crippen LogP contribution < -0.4 is 0 Å². The Kier molecular flexibility index (Phi) is 7.58. The quantitative estimate of drug-likeness (QED) is 0.525. The number of aromatic nitrogens is 2. The molecule has 0 spiro atoms. The molecule has 33 heavy (non-hydrogen) atoms. The minimum atomic E-state index is -0.384. The van der Waals surface area contributed by atoms with Gasteiger partial charge in [-0.05, 0) is 42.7 Å². The van der Waals surface area contributed by atoms with Crippen molar-refractivity contribution in [3.05, 3.63) is 82.9 Å². The zero-order chi connectivity index (χ0) is 23.4. The molecule has 1 aliphatic rings. The molecule has 0 fully saturated rings. The predicted molar refractivity (Wildman–Crippen MR) is 130 cm³/mol. The molecule has 1 aromatic heterocycles. The van der Waals surface area contributed by atoms with E-state index in [1.807, 2.05) is 37.3 Å². The standard InChI is InChI=1S/C27H35FN4O/c1-20(2)15-31(16-21(3)33)19-26-25-18-30(17-22-9-11-23(28)12-10-22)14-13-27(25)32(29-26)24-7-5-4-6-8-24/h4-12,20-21,33H,13-19H2,1-3H3. The van der Waals surface area contributed by atoms with Crippen LogP contribution in [0.3, 0.4) is 0 Å². The Morgan fingerprint density at radius 3 is 2.42 bits per heavy atom. The van der Waals surface area contributed by atoms with Gasteiger partial charge in [0.05, 0.1) is 23.2 Å². The number of benzene rings is 2. The lowest BCUT2D eigenvalue weighted by Gasteiger charge is -2.29. The van der Waals surface area contributed by atoms with E-state index in [2.05, 4.69) is 40.5 Å². The number of para-hydroxylation sites is 1. The fourth-order valence-corrected chi connectivity index (χ4v) is 4.74. The van der Waals surface area contributed by atoms with E-state index < -0.39 is 0 Å². The molecule has 1 unspecified atom stereocenters. The van der Waals surface area contributed by atoms with Gasteiger partial charge in [-0.25, -0.2) is 9.07 Å².